The molecule has 4 aliphatic rings. The molecular formula is C35H43BrO3. The summed E-state index contributed by atoms with van der Waals surface area (Å²) in [5.41, 5.74) is 3.66. The molecule has 4 aliphatic carbocycles. The SMILES string of the molecule is CC(=O)[C@]1(Cc2ccccc2)CCC2C3CC=C4C[C@@](O)(OCc5ccc(Br)cc5)CC[C@]4(C)C3CC[C@@]21C. The number of benzene rings is 2. The average molecular weight is 592 g/mol. The molecule has 39 heavy (non-hydrogen) atoms. The molecule has 3 saturated carbocycles. The van der Waals surface area contributed by atoms with Crippen molar-refractivity contribution in [2.24, 2.45) is 34.0 Å². The third kappa shape index (κ3) is 4.50. The number of ketones is 1. The van der Waals surface area contributed by atoms with Gasteiger partial charge in [-0.15, -0.1) is 0 Å². The summed E-state index contributed by atoms with van der Waals surface area (Å²) in [7, 11) is 0. The number of halogens is 1. The van der Waals surface area contributed by atoms with Crippen LogP contribution in [0.1, 0.15) is 83.3 Å². The minimum Gasteiger partial charge on any atom is -0.365 e. The van der Waals surface area contributed by atoms with E-state index in [-0.39, 0.29) is 16.2 Å². The van der Waals surface area contributed by atoms with Crippen LogP contribution in [0.15, 0.2) is 70.7 Å². The lowest BCUT2D eigenvalue weighted by molar-refractivity contribution is -0.231. The number of rotatable bonds is 6. The molecular weight excluding hydrogens is 548 g/mol. The topological polar surface area (TPSA) is 46.5 Å². The maximum absolute atomic E-state index is 13.5. The Bertz CT molecular complexity index is 1250. The fourth-order valence-corrected chi connectivity index (χ4v) is 9.88. The average Bonchev–Trinajstić information content (AvgIpc) is 3.23. The Morgan fingerprint density at radius 1 is 0.949 bits per heavy atom. The van der Waals surface area contributed by atoms with Gasteiger partial charge in [-0.25, -0.2) is 0 Å². The summed E-state index contributed by atoms with van der Waals surface area (Å²) in [6.07, 6.45) is 11.1. The highest BCUT2D eigenvalue weighted by atomic mass is 79.9. The van der Waals surface area contributed by atoms with Gasteiger partial charge < -0.3 is 9.84 Å². The first-order chi connectivity index (χ1) is 18.6. The number of hydrogen-bond acceptors (Lipinski definition) is 3. The second-order valence-electron chi connectivity index (χ2n) is 13.6. The first kappa shape index (κ1) is 27.4. The zero-order valence-electron chi connectivity index (χ0n) is 23.7. The fourth-order valence-electron chi connectivity index (χ4n) is 9.61. The van der Waals surface area contributed by atoms with Gasteiger partial charge >= 0.3 is 0 Å². The second kappa shape index (κ2) is 9.96. The van der Waals surface area contributed by atoms with E-state index in [9.17, 15) is 9.90 Å². The minimum atomic E-state index is -1.10. The number of ether oxygens (including phenoxy) is 1. The van der Waals surface area contributed by atoms with Crippen LogP contribution in [-0.2, 0) is 22.6 Å². The third-order valence-electron chi connectivity index (χ3n) is 11.9. The number of hydrogen-bond donors (Lipinski definition) is 1. The van der Waals surface area contributed by atoms with Crippen molar-refractivity contribution in [2.45, 2.75) is 91.0 Å². The molecule has 0 amide bonds. The summed E-state index contributed by atoms with van der Waals surface area (Å²) in [6.45, 7) is 7.21. The van der Waals surface area contributed by atoms with E-state index in [0.29, 0.717) is 43.0 Å². The van der Waals surface area contributed by atoms with Crippen LogP contribution < -0.4 is 0 Å². The Morgan fingerprint density at radius 3 is 2.38 bits per heavy atom. The van der Waals surface area contributed by atoms with Crippen LogP contribution in [0.25, 0.3) is 0 Å². The Kier molecular flexibility index (Phi) is 7.00. The number of Topliss-reactive ketones (excluding diaryl/α,β-unsaturated/α-hetero) is 1. The highest BCUT2D eigenvalue weighted by molar-refractivity contribution is 9.10. The number of carbonyl (C=O) groups excluding carboxylic acids is 1. The molecule has 6 rings (SSSR count). The van der Waals surface area contributed by atoms with Gasteiger partial charge in [0.2, 0.25) is 0 Å². The van der Waals surface area contributed by atoms with Crippen LogP contribution in [0.3, 0.4) is 0 Å². The van der Waals surface area contributed by atoms with Crippen molar-refractivity contribution in [3.63, 3.8) is 0 Å². The Hall–Kier alpha value is -1.75. The molecule has 2 aromatic rings. The minimum absolute atomic E-state index is 0.0424. The van der Waals surface area contributed by atoms with Crippen LogP contribution in [0.2, 0.25) is 0 Å². The van der Waals surface area contributed by atoms with Gasteiger partial charge in [0, 0.05) is 22.7 Å². The summed E-state index contributed by atoms with van der Waals surface area (Å²) < 4.78 is 7.23. The maximum Gasteiger partial charge on any atom is 0.169 e. The number of aliphatic hydroxyl groups is 1. The van der Waals surface area contributed by atoms with Crippen molar-refractivity contribution in [3.8, 4) is 0 Å². The maximum atomic E-state index is 13.5. The highest BCUT2D eigenvalue weighted by Crippen LogP contribution is 2.70. The lowest BCUT2D eigenvalue weighted by Gasteiger charge is -2.60. The van der Waals surface area contributed by atoms with Crippen molar-refractivity contribution >= 4 is 21.7 Å². The van der Waals surface area contributed by atoms with E-state index in [1.807, 2.05) is 31.2 Å². The molecule has 0 spiro atoms. The van der Waals surface area contributed by atoms with Gasteiger partial charge in [-0.3, -0.25) is 4.79 Å². The third-order valence-corrected chi connectivity index (χ3v) is 12.5. The van der Waals surface area contributed by atoms with Gasteiger partial charge in [-0.1, -0.05) is 83.9 Å². The number of allylic oxidation sites excluding steroid dienone is 1. The molecule has 0 aliphatic heterocycles. The molecule has 3 fully saturated rings. The van der Waals surface area contributed by atoms with Crippen LogP contribution in [0, 0.1) is 34.0 Å². The van der Waals surface area contributed by atoms with E-state index in [1.165, 1.54) is 17.6 Å². The predicted octanol–water partition coefficient (Wildman–Crippen LogP) is 8.44. The van der Waals surface area contributed by atoms with Crippen LogP contribution >= 0.6 is 15.9 Å². The standard InChI is InChI=1S/C35H43BrO3/c1-24(37)34(21-25-7-5-4-6-8-25)18-16-31-29-14-11-27-22-35(38,39-23-26-9-12-28(36)13-10-26)20-19-32(27,2)30(29)15-17-33(31,34)3/h4-13,29-31,38H,14-23H2,1-3H3/t29?,30?,31?,32-,33-,34+,35-/m0/s1. The Balaban J connectivity index is 1.22. The highest BCUT2D eigenvalue weighted by Gasteiger charge is 2.65. The molecule has 3 unspecified atom stereocenters. The lowest BCUT2D eigenvalue weighted by Crippen LogP contribution is -2.55. The lowest BCUT2D eigenvalue weighted by atomic mass is 9.44. The Labute approximate surface area is 242 Å². The molecule has 0 heterocycles. The van der Waals surface area contributed by atoms with Crippen LogP contribution in [-0.4, -0.2) is 16.7 Å². The molecule has 4 heteroatoms. The fraction of sp³-hybridized carbons (Fsp3) is 0.571. The number of carbonyl (C=O) groups is 1. The summed E-state index contributed by atoms with van der Waals surface area (Å²) in [6, 6.07) is 18.8. The molecule has 1 N–H and O–H groups in total. The van der Waals surface area contributed by atoms with Gasteiger partial charge in [-0.2, -0.15) is 0 Å². The smallest absolute Gasteiger partial charge is 0.169 e. The summed E-state index contributed by atoms with van der Waals surface area (Å²) in [5, 5.41) is 11.5. The van der Waals surface area contributed by atoms with E-state index < -0.39 is 5.79 Å². The quantitative estimate of drug-likeness (QED) is 0.271. The Morgan fingerprint density at radius 2 is 1.67 bits per heavy atom. The summed E-state index contributed by atoms with van der Waals surface area (Å²) in [4.78, 5) is 13.5. The molecule has 7 atom stereocenters. The van der Waals surface area contributed by atoms with Crippen molar-refractivity contribution in [3.05, 3.63) is 81.8 Å². The first-order valence-electron chi connectivity index (χ1n) is 14.9. The van der Waals surface area contributed by atoms with Gasteiger partial charge in [0.1, 0.15) is 5.78 Å². The molecule has 0 bridgehead atoms. The van der Waals surface area contributed by atoms with Gasteiger partial charge in [0.15, 0.2) is 5.79 Å². The molecule has 208 valence electrons. The molecule has 0 aromatic heterocycles. The van der Waals surface area contributed by atoms with Crippen molar-refractivity contribution in [1.29, 1.82) is 0 Å². The second-order valence-corrected chi connectivity index (χ2v) is 14.5. The summed E-state index contributed by atoms with van der Waals surface area (Å²) >= 11 is 3.49. The van der Waals surface area contributed by atoms with Crippen molar-refractivity contribution in [1.82, 2.24) is 0 Å². The summed E-state index contributed by atoms with van der Waals surface area (Å²) in [5.74, 6) is 1.10. The monoisotopic (exact) mass is 590 g/mol. The zero-order valence-corrected chi connectivity index (χ0v) is 25.3. The number of fused-ring (bicyclic) bond motifs is 5. The van der Waals surface area contributed by atoms with Crippen molar-refractivity contribution < 1.29 is 14.6 Å². The normalized spacial score (nSPS) is 39.3. The van der Waals surface area contributed by atoms with Gasteiger partial charge in [-0.05, 0) is 104 Å². The van der Waals surface area contributed by atoms with Crippen LogP contribution in [0.4, 0.5) is 0 Å². The largest absolute Gasteiger partial charge is 0.365 e. The first-order valence-corrected chi connectivity index (χ1v) is 15.7. The van der Waals surface area contributed by atoms with E-state index >= 15 is 0 Å². The molecule has 0 radical (unpaired) electrons. The predicted molar refractivity (Wildman–Crippen MR) is 159 cm³/mol. The van der Waals surface area contributed by atoms with E-state index in [2.05, 4.69) is 66.2 Å². The van der Waals surface area contributed by atoms with Crippen molar-refractivity contribution in [2.75, 3.05) is 0 Å². The van der Waals surface area contributed by atoms with Gasteiger partial charge in [0.05, 0.1) is 6.61 Å². The zero-order chi connectivity index (χ0) is 27.5. The molecule has 3 nitrogen and oxygen atoms in total. The van der Waals surface area contributed by atoms with Gasteiger partial charge in [0.25, 0.3) is 0 Å². The van der Waals surface area contributed by atoms with E-state index in [1.54, 1.807) is 0 Å². The van der Waals surface area contributed by atoms with E-state index in [0.717, 1.165) is 48.6 Å². The van der Waals surface area contributed by atoms with Crippen LogP contribution in [0.5, 0.6) is 0 Å². The molecule has 2 aromatic carbocycles. The van der Waals surface area contributed by atoms with E-state index in [4.69, 9.17) is 4.74 Å². The molecule has 0 saturated heterocycles.